The highest BCUT2D eigenvalue weighted by Gasteiger charge is 2.15. The van der Waals surface area contributed by atoms with E-state index in [-0.39, 0.29) is 10.3 Å². The molecule has 0 rings (SSSR count). The maximum Gasteiger partial charge on any atom is 0.344 e. The van der Waals surface area contributed by atoms with E-state index >= 15 is 0 Å². The van der Waals surface area contributed by atoms with Crippen LogP contribution in [0.25, 0.3) is 0 Å². The van der Waals surface area contributed by atoms with E-state index in [4.69, 9.17) is 0 Å². The van der Waals surface area contributed by atoms with Crippen LogP contribution in [0.15, 0.2) is 10.6 Å². The largest absolute Gasteiger partial charge is 0.465 e. The molecule has 0 radical (unpaired) electrons. The van der Waals surface area contributed by atoms with Crippen molar-refractivity contribution in [2.45, 2.75) is 37.4 Å². The van der Waals surface area contributed by atoms with Gasteiger partial charge in [0.1, 0.15) is 10.3 Å². The number of halogens is 2. The summed E-state index contributed by atoms with van der Waals surface area (Å²) in [4.78, 5) is 22.2. The minimum atomic E-state index is -0.481. The van der Waals surface area contributed by atoms with Gasteiger partial charge in [0.05, 0.1) is 11.9 Å². The molecule has 0 spiro atoms. The lowest BCUT2D eigenvalue weighted by atomic mass is 10.1. The molecular weight excluding hydrogens is 340 g/mol. The Bertz CT molecular complexity index is 274. The first kappa shape index (κ1) is 15.8. The first-order valence-electron chi connectivity index (χ1n) is 5.15. The van der Waals surface area contributed by atoms with Crippen molar-refractivity contribution in [2.75, 3.05) is 7.11 Å². The summed E-state index contributed by atoms with van der Waals surface area (Å²) in [7, 11) is 1.30. The minimum Gasteiger partial charge on any atom is -0.465 e. The van der Waals surface area contributed by atoms with Crippen molar-refractivity contribution in [2.24, 2.45) is 0 Å². The number of unbranched alkanes of at least 4 members (excludes halogenated alkanes) is 2. The van der Waals surface area contributed by atoms with Crippen molar-refractivity contribution < 1.29 is 14.3 Å². The summed E-state index contributed by atoms with van der Waals surface area (Å²) < 4.78 is 4.77. The van der Waals surface area contributed by atoms with Crippen LogP contribution in [0.4, 0.5) is 0 Å². The number of methoxy groups -OCH3 is 1. The highest BCUT2D eigenvalue weighted by atomic mass is 79.9. The molecule has 0 heterocycles. The molecule has 5 heteroatoms. The number of rotatable bonds is 7. The van der Waals surface area contributed by atoms with Gasteiger partial charge in [-0.25, -0.2) is 4.79 Å². The summed E-state index contributed by atoms with van der Waals surface area (Å²) in [5.74, 6) is -0.403. The fraction of sp³-hybridized carbons (Fsp3) is 0.636. The van der Waals surface area contributed by atoms with E-state index < -0.39 is 10.8 Å². The second kappa shape index (κ2) is 8.93. The Hall–Kier alpha value is -0.160. The molecule has 3 nitrogen and oxygen atoms in total. The van der Waals surface area contributed by atoms with Gasteiger partial charge in [0.15, 0.2) is 0 Å². The van der Waals surface area contributed by atoms with Crippen LogP contribution in [0.5, 0.6) is 0 Å². The number of hydrogen-bond acceptors (Lipinski definition) is 3. The van der Waals surface area contributed by atoms with Crippen LogP contribution in [0.2, 0.25) is 0 Å². The predicted octanol–water partition coefficient (Wildman–Crippen LogP) is 3.35. The zero-order chi connectivity index (χ0) is 12.6. The highest BCUT2D eigenvalue weighted by Crippen LogP contribution is 2.15. The average Bonchev–Trinajstić information content (AvgIpc) is 2.27. The van der Waals surface area contributed by atoms with Crippen LogP contribution < -0.4 is 0 Å². The molecule has 92 valence electrons. The summed E-state index contributed by atoms with van der Waals surface area (Å²) in [6.07, 6.45) is 5.07. The van der Waals surface area contributed by atoms with Gasteiger partial charge in [0.2, 0.25) is 0 Å². The molecule has 0 bridgehead atoms. The molecule has 0 aliphatic heterocycles. The van der Waals surface area contributed by atoms with Crippen LogP contribution in [-0.2, 0) is 14.3 Å². The number of Topliss-reactive ketones (excluding diaryl/α,β-unsaturated/α-hetero) is 1. The zero-order valence-electron chi connectivity index (χ0n) is 9.46. The van der Waals surface area contributed by atoms with Crippen molar-refractivity contribution in [1.82, 2.24) is 0 Å². The Balaban J connectivity index is 4.18. The third-order valence-electron chi connectivity index (χ3n) is 2.01. The Kier molecular flexibility index (Phi) is 8.84. The van der Waals surface area contributed by atoms with Crippen molar-refractivity contribution >= 4 is 43.6 Å². The number of carbonyl (C=O) groups excluding carboxylic acids is 2. The summed E-state index contributed by atoms with van der Waals surface area (Å²) in [5.41, 5.74) is 0. The van der Waals surface area contributed by atoms with Crippen LogP contribution in [0.1, 0.15) is 32.6 Å². The van der Waals surface area contributed by atoms with Crippen molar-refractivity contribution in [3.63, 3.8) is 0 Å². The fourth-order valence-electron chi connectivity index (χ4n) is 1.07. The van der Waals surface area contributed by atoms with Crippen LogP contribution in [0.3, 0.4) is 0 Å². The fourth-order valence-corrected chi connectivity index (χ4v) is 2.35. The number of alkyl halides is 1. The highest BCUT2D eigenvalue weighted by molar-refractivity contribution is 9.12. The van der Waals surface area contributed by atoms with E-state index in [2.05, 4.69) is 43.5 Å². The summed E-state index contributed by atoms with van der Waals surface area (Å²) in [6, 6.07) is 0. The van der Waals surface area contributed by atoms with Gasteiger partial charge in [-0.3, -0.25) is 4.79 Å². The Morgan fingerprint density at radius 3 is 2.50 bits per heavy atom. The van der Waals surface area contributed by atoms with E-state index in [1.54, 1.807) is 0 Å². The van der Waals surface area contributed by atoms with Gasteiger partial charge in [-0.1, -0.05) is 35.7 Å². The molecule has 0 aromatic rings. The second-order valence-corrected chi connectivity index (χ2v) is 5.17. The first-order valence-corrected chi connectivity index (χ1v) is 6.86. The van der Waals surface area contributed by atoms with Crippen molar-refractivity contribution in [3.05, 3.63) is 10.6 Å². The molecule has 0 amide bonds. The number of esters is 1. The SMILES string of the molecule is CCCCCC(=O)C(Br)/C=C(\Br)C(=O)OC. The van der Waals surface area contributed by atoms with Gasteiger partial charge in [-0.15, -0.1) is 0 Å². The first-order chi connectivity index (χ1) is 7.52. The third-order valence-corrected chi connectivity index (χ3v) is 3.37. The third kappa shape index (κ3) is 6.43. The van der Waals surface area contributed by atoms with E-state index in [1.807, 2.05) is 0 Å². The van der Waals surface area contributed by atoms with Gasteiger partial charge >= 0.3 is 5.97 Å². The van der Waals surface area contributed by atoms with Gasteiger partial charge in [-0.2, -0.15) is 0 Å². The zero-order valence-corrected chi connectivity index (χ0v) is 12.6. The Labute approximate surface area is 113 Å². The summed E-state index contributed by atoms with van der Waals surface area (Å²) in [6.45, 7) is 2.09. The number of hydrogen-bond donors (Lipinski definition) is 0. The molecular formula is C11H16Br2O3. The maximum absolute atomic E-state index is 11.6. The quantitative estimate of drug-likeness (QED) is 0.304. The van der Waals surface area contributed by atoms with Gasteiger partial charge in [-0.05, 0) is 28.4 Å². The van der Waals surface area contributed by atoms with Crippen LogP contribution in [-0.4, -0.2) is 23.7 Å². The van der Waals surface area contributed by atoms with Crippen LogP contribution >= 0.6 is 31.9 Å². The molecule has 0 saturated carbocycles. The van der Waals surface area contributed by atoms with E-state index in [9.17, 15) is 9.59 Å². The smallest absolute Gasteiger partial charge is 0.344 e. The normalized spacial score (nSPS) is 13.4. The lowest BCUT2D eigenvalue weighted by molar-refractivity contribution is -0.135. The van der Waals surface area contributed by atoms with Crippen molar-refractivity contribution in [3.8, 4) is 0 Å². The van der Waals surface area contributed by atoms with Crippen LogP contribution in [0, 0.1) is 0 Å². The second-order valence-electron chi connectivity index (χ2n) is 3.33. The van der Waals surface area contributed by atoms with Crippen molar-refractivity contribution in [1.29, 1.82) is 0 Å². The standard InChI is InChI=1S/C11H16Br2O3/c1-3-4-5-6-10(14)8(12)7-9(13)11(15)16-2/h7-8H,3-6H2,1-2H3/b9-7-. The van der Waals surface area contributed by atoms with Gasteiger partial charge in [0, 0.05) is 6.42 Å². The maximum atomic E-state index is 11.6. The predicted molar refractivity (Wildman–Crippen MR) is 70.9 cm³/mol. The molecule has 16 heavy (non-hydrogen) atoms. The topological polar surface area (TPSA) is 43.4 Å². The lowest BCUT2D eigenvalue weighted by Gasteiger charge is -2.04. The molecule has 0 fully saturated rings. The Morgan fingerprint density at radius 1 is 1.38 bits per heavy atom. The molecule has 0 aliphatic rings. The lowest BCUT2D eigenvalue weighted by Crippen LogP contribution is -2.12. The number of ketones is 1. The van der Waals surface area contributed by atoms with E-state index in [1.165, 1.54) is 13.2 Å². The monoisotopic (exact) mass is 354 g/mol. The number of allylic oxidation sites excluding steroid dienone is 1. The molecule has 0 aliphatic carbocycles. The van der Waals surface area contributed by atoms with E-state index in [0.29, 0.717) is 6.42 Å². The van der Waals surface area contributed by atoms with Gasteiger partial charge < -0.3 is 4.74 Å². The Morgan fingerprint density at radius 2 is 2.00 bits per heavy atom. The van der Waals surface area contributed by atoms with Gasteiger partial charge in [0.25, 0.3) is 0 Å². The molecule has 0 saturated heterocycles. The number of ether oxygens (including phenoxy) is 1. The summed E-state index contributed by atoms with van der Waals surface area (Å²) >= 11 is 6.29. The molecule has 0 aromatic carbocycles. The molecule has 1 unspecified atom stereocenters. The molecule has 0 N–H and O–H groups in total. The molecule has 1 atom stereocenters. The minimum absolute atomic E-state index is 0.0781. The molecule has 0 aromatic heterocycles. The van der Waals surface area contributed by atoms with E-state index in [0.717, 1.165) is 19.3 Å². The average molecular weight is 356 g/mol. The summed E-state index contributed by atoms with van der Waals surface area (Å²) in [5, 5.41) is 0. The number of carbonyl (C=O) groups is 2.